The Balaban J connectivity index is 0.000000490. The van der Waals surface area contributed by atoms with Crippen LogP contribution in [0, 0.1) is 13.8 Å². The van der Waals surface area contributed by atoms with Gasteiger partial charge in [0.05, 0.1) is 0 Å². The van der Waals surface area contributed by atoms with Crippen LogP contribution in [0.5, 0.6) is 0 Å². The van der Waals surface area contributed by atoms with E-state index in [9.17, 15) is 0 Å². The topological polar surface area (TPSA) is 0 Å². The van der Waals surface area contributed by atoms with Crippen LogP contribution in [0.4, 0.5) is 0 Å². The van der Waals surface area contributed by atoms with Gasteiger partial charge in [-0.2, -0.15) is 17.2 Å². The zero-order chi connectivity index (χ0) is 5.28. The molecule has 1 aromatic carbocycles. The molecule has 0 heterocycles. The van der Waals surface area contributed by atoms with E-state index < -0.39 is 0 Å². The van der Waals surface area contributed by atoms with Crippen LogP contribution in [-0.4, -0.2) is 0 Å². The van der Waals surface area contributed by atoms with Crippen molar-refractivity contribution in [3.8, 4) is 0 Å². The fourth-order valence-electron chi connectivity index (χ4n) is 0.600. The fraction of sp³-hybridized carbons (Fsp3) is 0.286. The Labute approximate surface area is 72.6 Å². The summed E-state index contributed by atoms with van der Waals surface area (Å²) in [4.78, 5) is 0. The van der Waals surface area contributed by atoms with Crippen molar-refractivity contribution < 1.29 is 29.6 Å². The predicted octanol–water partition coefficient (Wildman–Crippen LogP) is -0.974. The summed E-state index contributed by atoms with van der Waals surface area (Å²) in [5.41, 5.74) is 2.78. The summed E-state index contributed by atoms with van der Waals surface area (Å²) in [5, 5.41) is 0. The van der Waals surface area contributed by atoms with Crippen LogP contribution in [0.1, 0.15) is 11.1 Å². The minimum absolute atomic E-state index is 0. The molecule has 0 N–H and O–H groups in total. The number of aryl methyl sites for hydroxylation is 2. The third-order valence-electron chi connectivity index (χ3n) is 1.31. The molecule has 0 aliphatic carbocycles. The predicted molar refractivity (Wildman–Crippen MR) is 31.5 cm³/mol. The average Bonchev–Trinajstić information content (AvgIpc) is 1.91. The molecule has 1 aromatic rings. The van der Waals surface area contributed by atoms with Crippen LogP contribution in [0.25, 0.3) is 0 Å². The Hall–Kier alpha value is 0.350. The second kappa shape index (κ2) is 3.39. The van der Waals surface area contributed by atoms with Crippen LogP contribution in [-0.2, 0) is 0 Å². The van der Waals surface area contributed by atoms with Crippen molar-refractivity contribution in [3.63, 3.8) is 0 Å². The molecule has 1 rings (SSSR count). The maximum atomic E-state index is 2.12. The summed E-state index contributed by atoms with van der Waals surface area (Å²) in [6.45, 7) is 4.24. The van der Waals surface area contributed by atoms with Gasteiger partial charge in [-0.3, -0.25) is 0 Å². The van der Waals surface area contributed by atoms with Gasteiger partial charge in [-0.05, 0) is 0 Å². The molecule has 8 heavy (non-hydrogen) atoms. The van der Waals surface area contributed by atoms with Gasteiger partial charge in [-0.25, -0.2) is 12.1 Å². The van der Waals surface area contributed by atoms with Gasteiger partial charge >= 0.3 is 29.6 Å². The molecule has 0 radical (unpaired) electrons. The minimum atomic E-state index is 0. The third-order valence-corrected chi connectivity index (χ3v) is 1.31. The van der Waals surface area contributed by atoms with E-state index in [0.29, 0.717) is 0 Å². The number of hydrogen-bond donors (Lipinski definition) is 0. The second-order valence-corrected chi connectivity index (χ2v) is 1.89. The summed E-state index contributed by atoms with van der Waals surface area (Å²) < 4.78 is 0. The van der Waals surface area contributed by atoms with Crippen LogP contribution in [0.3, 0.4) is 0 Å². The standard InChI is InChI=1S/C7H9.Na/c1-6-4-3-5-7(6)2;/h3-5H,1-2H3;/q-1;+1. The molecule has 0 atom stereocenters. The monoisotopic (exact) mass is 116 g/mol. The Kier molecular flexibility index (Phi) is 3.54. The van der Waals surface area contributed by atoms with Gasteiger partial charge in [0.15, 0.2) is 0 Å². The van der Waals surface area contributed by atoms with E-state index in [4.69, 9.17) is 0 Å². The number of hydrogen-bond acceptors (Lipinski definition) is 0. The summed E-state index contributed by atoms with van der Waals surface area (Å²) in [5.74, 6) is 0. The first-order valence-corrected chi connectivity index (χ1v) is 2.49. The zero-order valence-electron chi connectivity index (χ0n) is 5.73. The van der Waals surface area contributed by atoms with Gasteiger partial charge in [0, 0.05) is 0 Å². The minimum Gasteiger partial charge on any atom is -0.213 e. The van der Waals surface area contributed by atoms with Crippen molar-refractivity contribution in [3.05, 3.63) is 29.3 Å². The molecule has 0 aliphatic heterocycles. The Morgan fingerprint density at radius 1 is 1.50 bits per heavy atom. The molecule has 0 saturated heterocycles. The third kappa shape index (κ3) is 1.70. The quantitative estimate of drug-likeness (QED) is 0.302. The smallest absolute Gasteiger partial charge is 0.213 e. The van der Waals surface area contributed by atoms with Crippen molar-refractivity contribution in [1.82, 2.24) is 0 Å². The largest absolute Gasteiger partial charge is 1.00 e. The first-order chi connectivity index (χ1) is 3.30. The van der Waals surface area contributed by atoms with E-state index in [1.54, 1.807) is 0 Å². The molecule has 0 bridgehead atoms. The second-order valence-electron chi connectivity index (χ2n) is 1.89. The van der Waals surface area contributed by atoms with Crippen LogP contribution in [0.15, 0.2) is 18.2 Å². The van der Waals surface area contributed by atoms with E-state index in [0.717, 1.165) is 0 Å². The summed E-state index contributed by atoms with van der Waals surface area (Å²) in [6.07, 6.45) is 0. The van der Waals surface area contributed by atoms with Crippen LogP contribution < -0.4 is 29.6 Å². The van der Waals surface area contributed by atoms with E-state index >= 15 is 0 Å². The Morgan fingerprint density at radius 3 is 2.25 bits per heavy atom. The van der Waals surface area contributed by atoms with Crippen LogP contribution >= 0.6 is 0 Å². The van der Waals surface area contributed by atoms with E-state index in [1.165, 1.54) is 11.1 Å². The summed E-state index contributed by atoms with van der Waals surface area (Å²) in [6, 6.07) is 6.31. The van der Waals surface area contributed by atoms with Gasteiger partial charge in [-0.1, -0.05) is 13.8 Å². The molecule has 0 aromatic heterocycles. The first-order valence-electron chi connectivity index (χ1n) is 2.49. The maximum absolute atomic E-state index is 2.12. The van der Waals surface area contributed by atoms with Gasteiger partial charge in [0.2, 0.25) is 0 Å². The van der Waals surface area contributed by atoms with Gasteiger partial charge in [-0.15, -0.1) is 0 Å². The van der Waals surface area contributed by atoms with Crippen LogP contribution in [0.2, 0.25) is 0 Å². The molecule has 0 unspecified atom stereocenters. The van der Waals surface area contributed by atoms with E-state index in [-0.39, 0.29) is 29.6 Å². The molecule has 1 heteroatoms. The van der Waals surface area contributed by atoms with Gasteiger partial charge in [0.25, 0.3) is 0 Å². The fourth-order valence-corrected chi connectivity index (χ4v) is 0.600. The molecular weight excluding hydrogens is 107 g/mol. The van der Waals surface area contributed by atoms with Gasteiger partial charge in [0.1, 0.15) is 0 Å². The number of rotatable bonds is 0. The summed E-state index contributed by atoms with van der Waals surface area (Å²) in [7, 11) is 0. The molecule has 0 nitrogen and oxygen atoms in total. The Bertz CT molecular complexity index is 137. The van der Waals surface area contributed by atoms with E-state index in [1.807, 2.05) is 0 Å². The van der Waals surface area contributed by atoms with Crippen molar-refractivity contribution in [2.45, 2.75) is 13.8 Å². The molecule has 0 amide bonds. The molecule has 0 saturated carbocycles. The first kappa shape index (κ1) is 8.35. The van der Waals surface area contributed by atoms with Crippen molar-refractivity contribution in [2.24, 2.45) is 0 Å². The summed E-state index contributed by atoms with van der Waals surface area (Å²) >= 11 is 0. The van der Waals surface area contributed by atoms with Gasteiger partial charge < -0.3 is 0 Å². The van der Waals surface area contributed by atoms with Crippen molar-refractivity contribution >= 4 is 0 Å². The SMILES string of the molecule is Cc1ccc[c-]1C.[Na+]. The van der Waals surface area contributed by atoms with Crippen molar-refractivity contribution in [2.75, 3.05) is 0 Å². The molecule has 0 spiro atoms. The molecule has 38 valence electrons. The molecule has 0 aliphatic rings. The van der Waals surface area contributed by atoms with E-state index in [2.05, 4.69) is 32.0 Å². The normalized spacial score (nSPS) is 8.25. The zero-order valence-corrected chi connectivity index (χ0v) is 7.73. The molecular formula is C7H9Na. The maximum Gasteiger partial charge on any atom is 1.00 e. The average molecular weight is 116 g/mol. The molecule has 0 fully saturated rings. The Morgan fingerprint density at radius 2 is 2.12 bits per heavy atom. The van der Waals surface area contributed by atoms with Crippen molar-refractivity contribution in [1.29, 1.82) is 0 Å².